The summed E-state index contributed by atoms with van der Waals surface area (Å²) in [6.45, 7) is 8.65. The molecule has 0 unspecified atom stereocenters. The first-order valence-electron chi connectivity index (χ1n) is 14.7. The van der Waals surface area contributed by atoms with Crippen molar-refractivity contribution in [2.75, 3.05) is 30.3 Å². The molecule has 0 bridgehead atoms. The van der Waals surface area contributed by atoms with Crippen LogP contribution in [0, 0.1) is 5.82 Å². The van der Waals surface area contributed by atoms with Gasteiger partial charge in [-0.2, -0.15) is 18.2 Å². The molecule has 1 aromatic heterocycles. The largest absolute Gasteiger partial charge is 0.444 e. The van der Waals surface area contributed by atoms with Gasteiger partial charge >= 0.3 is 18.0 Å². The van der Waals surface area contributed by atoms with Crippen molar-refractivity contribution in [3.63, 3.8) is 0 Å². The molecule has 0 saturated carbocycles. The Bertz CT molecular complexity index is 1710. The van der Waals surface area contributed by atoms with E-state index in [4.69, 9.17) is 15.2 Å². The number of hydrogen-bond donors (Lipinski definition) is 1. The van der Waals surface area contributed by atoms with E-state index in [0.717, 1.165) is 30.0 Å². The molecule has 0 aliphatic carbocycles. The second-order valence-electron chi connectivity index (χ2n) is 12.6. The molecule has 1 fully saturated rings. The number of piperazine rings is 1. The van der Waals surface area contributed by atoms with E-state index >= 15 is 0 Å². The van der Waals surface area contributed by atoms with Crippen LogP contribution in [0.3, 0.4) is 0 Å². The maximum absolute atomic E-state index is 14.9. The SMILES string of the molecule is C[C@@H]1CN(c2nc(=O)n3c4c(c(-c5ccc(F)cc5)c(C(F)(F)F)cc24)SC[C@@H](OCC(N)=O)C3)C[C@H](C)N1C(=O)OC(C)(C)C. The van der Waals surface area contributed by atoms with Crippen molar-refractivity contribution < 1.29 is 36.6 Å². The van der Waals surface area contributed by atoms with Gasteiger partial charge in [0.1, 0.15) is 23.8 Å². The summed E-state index contributed by atoms with van der Waals surface area (Å²) in [6.07, 6.45) is -6.11. The van der Waals surface area contributed by atoms with Crippen molar-refractivity contribution in [1.82, 2.24) is 14.5 Å². The van der Waals surface area contributed by atoms with Gasteiger partial charge < -0.3 is 20.1 Å². The molecular weight excluding hydrogens is 630 g/mol. The Morgan fingerprint density at radius 3 is 2.26 bits per heavy atom. The fraction of sp³-hybridized carbons (Fsp3) is 0.484. The number of rotatable bonds is 5. The predicted molar refractivity (Wildman–Crippen MR) is 165 cm³/mol. The van der Waals surface area contributed by atoms with Gasteiger partial charge in [0.25, 0.3) is 0 Å². The minimum Gasteiger partial charge on any atom is -0.444 e. The normalized spacial score (nSPS) is 20.5. The van der Waals surface area contributed by atoms with E-state index in [9.17, 15) is 31.9 Å². The zero-order valence-corrected chi connectivity index (χ0v) is 26.8. The second kappa shape index (κ2) is 12.4. The van der Waals surface area contributed by atoms with Gasteiger partial charge in [0.05, 0.1) is 35.8 Å². The third-order valence-corrected chi connectivity index (χ3v) is 8.95. The molecule has 3 aromatic rings. The molecule has 0 radical (unpaired) electrons. The van der Waals surface area contributed by atoms with Gasteiger partial charge in [0.15, 0.2) is 0 Å². The fourth-order valence-corrected chi connectivity index (χ4v) is 7.26. The van der Waals surface area contributed by atoms with Gasteiger partial charge in [-0.05, 0) is 58.4 Å². The molecule has 2 amide bonds. The highest BCUT2D eigenvalue weighted by Gasteiger charge is 2.40. The maximum Gasteiger partial charge on any atom is 0.417 e. The number of nitrogens with zero attached hydrogens (tertiary/aromatic N) is 4. The number of primary amides is 1. The van der Waals surface area contributed by atoms with Crippen LogP contribution in [-0.2, 0) is 27.0 Å². The topological polar surface area (TPSA) is 120 Å². The Labute approximate surface area is 266 Å². The highest BCUT2D eigenvalue weighted by Crippen LogP contribution is 2.48. The van der Waals surface area contributed by atoms with Crippen LogP contribution in [0.15, 0.2) is 40.0 Å². The van der Waals surface area contributed by atoms with Gasteiger partial charge in [-0.15, -0.1) is 11.8 Å². The third-order valence-electron chi connectivity index (χ3n) is 7.72. The molecule has 248 valence electrons. The molecule has 5 rings (SSSR count). The van der Waals surface area contributed by atoms with Crippen molar-refractivity contribution in [2.45, 2.75) is 76.0 Å². The van der Waals surface area contributed by atoms with Gasteiger partial charge in [-0.1, -0.05) is 12.1 Å². The first-order chi connectivity index (χ1) is 21.4. The lowest BCUT2D eigenvalue weighted by molar-refractivity contribution is -0.137. The number of halogens is 4. The molecule has 10 nitrogen and oxygen atoms in total. The molecule has 3 atom stereocenters. The highest BCUT2D eigenvalue weighted by atomic mass is 32.2. The molecule has 15 heteroatoms. The zero-order chi connectivity index (χ0) is 33.7. The summed E-state index contributed by atoms with van der Waals surface area (Å²) in [5.41, 5.74) is 2.94. The lowest BCUT2D eigenvalue weighted by Gasteiger charge is -2.45. The lowest BCUT2D eigenvalue weighted by Crippen LogP contribution is -2.59. The molecule has 3 heterocycles. The lowest BCUT2D eigenvalue weighted by atomic mass is 9.96. The van der Waals surface area contributed by atoms with Gasteiger partial charge in [-0.25, -0.2) is 14.0 Å². The summed E-state index contributed by atoms with van der Waals surface area (Å²) in [6, 6.07) is 4.78. The monoisotopic (exact) mass is 665 g/mol. The molecule has 2 N–H and O–H groups in total. The van der Waals surface area contributed by atoms with Gasteiger partial charge in [0.2, 0.25) is 5.91 Å². The summed E-state index contributed by atoms with van der Waals surface area (Å²) in [4.78, 5) is 45.9. The molecular formula is C31H35F4N5O5S. The minimum absolute atomic E-state index is 0.0494. The van der Waals surface area contributed by atoms with E-state index in [0.29, 0.717) is 0 Å². The van der Waals surface area contributed by atoms with Crippen molar-refractivity contribution in [3.05, 3.63) is 52.2 Å². The van der Waals surface area contributed by atoms with Crippen molar-refractivity contribution in [3.8, 4) is 11.1 Å². The average molecular weight is 666 g/mol. The number of carbonyl (C=O) groups is 2. The van der Waals surface area contributed by atoms with Crippen LogP contribution in [0.4, 0.5) is 28.2 Å². The van der Waals surface area contributed by atoms with Crippen LogP contribution in [0.1, 0.15) is 40.2 Å². The summed E-state index contributed by atoms with van der Waals surface area (Å²) >= 11 is 1.05. The minimum atomic E-state index is -4.84. The molecule has 2 aliphatic rings. The molecule has 1 saturated heterocycles. The summed E-state index contributed by atoms with van der Waals surface area (Å²) in [5.74, 6) is -1.21. The standard InChI is InChI=1S/C31H35F4N5O5S/c1-16-11-38(12-17(2)40(16)29(43)45-30(3,4)5)27-21-10-22(31(33,34)35)24(18-6-8-19(32)9-7-18)26-25(21)39(28(42)37-27)13-20(15-46-26)44-14-23(36)41/h6-10,16-17,20H,11-15H2,1-5H3,(H2,36,41)/t16-,17+,20-/m0/s1. The first-order valence-corrected chi connectivity index (χ1v) is 15.7. The number of amides is 2. The van der Waals surface area contributed by atoms with Crippen LogP contribution in [-0.4, -0.2) is 75.7 Å². The summed E-state index contributed by atoms with van der Waals surface area (Å²) in [5, 5.41) is 0.0842. The van der Waals surface area contributed by atoms with Crippen molar-refractivity contribution in [1.29, 1.82) is 0 Å². The number of carbonyl (C=O) groups excluding carboxylic acids is 2. The van der Waals surface area contributed by atoms with Crippen molar-refractivity contribution >= 4 is 40.5 Å². The second-order valence-corrected chi connectivity index (χ2v) is 13.6. The van der Waals surface area contributed by atoms with Crippen molar-refractivity contribution in [2.24, 2.45) is 5.73 Å². The fourth-order valence-electron chi connectivity index (χ4n) is 5.97. The Morgan fingerprint density at radius 1 is 1.07 bits per heavy atom. The third kappa shape index (κ3) is 6.80. The smallest absolute Gasteiger partial charge is 0.417 e. The van der Waals surface area contributed by atoms with Gasteiger partial charge in [-0.3, -0.25) is 14.3 Å². The Hall–Kier alpha value is -3.85. The van der Waals surface area contributed by atoms with Crippen LogP contribution < -0.4 is 16.3 Å². The molecule has 2 aromatic carbocycles. The van der Waals surface area contributed by atoms with E-state index in [1.54, 1.807) is 44.4 Å². The quantitative estimate of drug-likeness (QED) is 0.377. The van der Waals surface area contributed by atoms with E-state index < -0.39 is 65.6 Å². The Kier molecular flexibility index (Phi) is 9.03. The zero-order valence-electron chi connectivity index (χ0n) is 26.0. The van der Waals surface area contributed by atoms with E-state index in [1.807, 2.05) is 0 Å². The molecule has 2 aliphatic heterocycles. The number of benzene rings is 2. The summed E-state index contributed by atoms with van der Waals surface area (Å²) in [7, 11) is 0. The number of alkyl halides is 3. The number of hydrogen-bond acceptors (Lipinski definition) is 8. The highest BCUT2D eigenvalue weighted by molar-refractivity contribution is 7.99. The number of ether oxygens (including phenoxy) is 2. The number of aromatic nitrogens is 2. The van der Waals surface area contributed by atoms with E-state index in [1.165, 1.54) is 16.7 Å². The molecule has 0 spiro atoms. The van der Waals surface area contributed by atoms with Crippen LogP contribution >= 0.6 is 11.8 Å². The maximum atomic E-state index is 14.9. The number of nitrogens with two attached hydrogens (primary N) is 1. The van der Waals surface area contributed by atoms with Crippen LogP contribution in [0.5, 0.6) is 0 Å². The first kappa shape index (κ1) is 33.5. The summed E-state index contributed by atoms with van der Waals surface area (Å²) < 4.78 is 71.0. The number of anilines is 1. The predicted octanol–water partition coefficient (Wildman–Crippen LogP) is 5.03. The van der Waals surface area contributed by atoms with Crippen LogP contribution in [0.2, 0.25) is 0 Å². The van der Waals surface area contributed by atoms with E-state index in [-0.39, 0.29) is 58.1 Å². The number of thioether (sulfide) groups is 1. The van der Waals surface area contributed by atoms with Crippen LogP contribution in [0.25, 0.3) is 22.0 Å². The van der Waals surface area contributed by atoms with E-state index in [2.05, 4.69) is 4.98 Å². The van der Waals surface area contributed by atoms with Gasteiger partial charge in [0, 0.05) is 34.7 Å². The Morgan fingerprint density at radius 2 is 1.70 bits per heavy atom. The molecule has 46 heavy (non-hydrogen) atoms. The Balaban J connectivity index is 1.71. The average Bonchev–Trinajstić information content (AvgIpc) is 3.13.